The number of carbonyl (C=O) groups is 5. The number of ketones is 2. The molecule has 2 aromatic carbocycles. The third kappa shape index (κ3) is 4.15. The monoisotopic (exact) mass is 564 g/mol. The SMILES string of the molecule is CC1(C)CC(=O)C2=C(C1)NC1=C(C(=O)c3ccccc31)[C@H]2c1ccc(OC(=O)CN2C(=O)[C@H]3CCCC[C@H]3C2=O)cc1. The van der Waals surface area contributed by atoms with Gasteiger partial charge in [-0.05, 0) is 42.4 Å². The number of likely N-dealkylation sites (tertiary alicyclic amines) is 1. The standard InChI is InChI=1S/C34H32N2O6/c1-34(2)15-24-28(25(37)16-34)27(29-30(35-24)20-7-3-4-8-21(20)31(29)39)18-11-13-19(14-12-18)42-26(38)17-36-32(40)22-9-5-6-10-23(22)33(36)41/h3-4,7-8,11-14,22-23,27,35H,5-6,9-10,15-17H2,1-2H3/t22-,23+,27-/m0/s1. The summed E-state index contributed by atoms with van der Waals surface area (Å²) in [6, 6.07) is 14.3. The van der Waals surface area contributed by atoms with Gasteiger partial charge in [0, 0.05) is 40.3 Å². The molecule has 3 atom stereocenters. The number of nitrogens with one attached hydrogen (secondary N) is 1. The van der Waals surface area contributed by atoms with Gasteiger partial charge in [-0.2, -0.15) is 0 Å². The van der Waals surface area contributed by atoms with Crippen LogP contribution >= 0.6 is 0 Å². The lowest BCUT2D eigenvalue weighted by atomic mass is 9.68. The first kappa shape index (κ1) is 26.6. The van der Waals surface area contributed by atoms with Crippen molar-refractivity contribution in [2.45, 2.75) is 58.3 Å². The van der Waals surface area contributed by atoms with Gasteiger partial charge in [0.25, 0.3) is 0 Å². The smallest absolute Gasteiger partial charge is 0.331 e. The van der Waals surface area contributed by atoms with Crippen molar-refractivity contribution in [1.82, 2.24) is 10.2 Å². The Morgan fingerprint density at radius 3 is 2.19 bits per heavy atom. The molecule has 8 heteroatoms. The van der Waals surface area contributed by atoms with Crippen LogP contribution in [0.3, 0.4) is 0 Å². The Morgan fingerprint density at radius 1 is 0.881 bits per heavy atom. The zero-order valence-electron chi connectivity index (χ0n) is 23.7. The lowest BCUT2D eigenvalue weighted by Gasteiger charge is -2.39. The summed E-state index contributed by atoms with van der Waals surface area (Å²) >= 11 is 0. The number of imide groups is 1. The topological polar surface area (TPSA) is 110 Å². The average molecular weight is 565 g/mol. The Hall–Kier alpha value is -4.33. The van der Waals surface area contributed by atoms with Crippen LogP contribution in [0.25, 0.3) is 5.70 Å². The minimum atomic E-state index is -0.689. The molecule has 2 aliphatic heterocycles. The summed E-state index contributed by atoms with van der Waals surface area (Å²) in [7, 11) is 0. The highest BCUT2D eigenvalue weighted by molar-refractivity contribution is 6.23. The number of Topliss-reactive ketones (excluding diaryl/α,β-unsaturated/α-hetero) is 2. The van der Waals surface area contributed by atoms with E-state index in [9.17, 15) is 24.0 Å². The van der Waals surface area contributed by atoms with Crippen molar-refractivity contribution < 1.29 is 28.7 Å². The van der Waals surface area contributed by atoms with Crippen LogP contribution in [-0.2, 0) is 19.2 Å². The molecule has 7 rings (SSSR count). The molecule has 0 aromatic heterocycles. The molecule has 42 heavy (non-hydrogen) atoms. The summed E-state index contributed by atoms with van der Waals surface area (Å²) in [6.07, 6.45) is 4.27. The largest absolute Gasteiger partial charge is 0.425 e. The van der Waals surface area contributed by atoms with Crippen molar-refractivity contribution in [2.24, 2.45) is 17.3 Å². The highest BCUT2D eigenvalue weighted by atomic mass is 16.5. The average Bonchev–Trinajstić information content (AvgIpc) is 3.38. The zero-order valence-corrected chi connectivity index (χ0v) is 23.7. The first-order valence-electron chi connectivity index (χ1n) is 14.7. The van der Waals surface area contributed by atoms with E-state index in [0.29, 0.717) is 42.4 Å². The maximum Gasteiger partial charge on any atom is 0.331 e. The number of carbonyl (C=O) groups excluding carboxylic acids is 5. The van der Waals surface area contributed by atoms with Gasteiger partial charge in [0.15, 0.2) is 11.6 Å². The van der Waals surface area contributed by atoms with Gasteiger partial charge in [-0.15, -0.1) is 0 Å². The predicted octanol–water partition coefficient (Wildman–Crippen LogP) is 4.70. The molecule has 5 aliphatic rings. The van der Waals surface area contributed by atoms with Crippen LogP contribution in [0.4, 0.5) is 0 Å². The van der Waals surface area contributed by atoms with Gasteiger partial charge in [0.2, 0.25) is 11.8 Å². The maximum absolute atomic E-state index is 13.7. The number of hydrogen-bond acceptors (Lipinski definition) is 7. The van der Waals surface area contributed by atoms with E-state index in [1.54, 1.807) is 24.3 Å². The van der Waals surface area contributed by atoms with Gasteiger partial charge < -0.3 is 10.1 Å². The van der Waals surface area contributed by atoms with Gasteiger partial charge in [-0.3, -0.25) is 24.1 Å². The zero-order chi connectivity index (χ0) is 29.3. The van der Waals surface area contributed by atoms with Gasteiger partial charge in [-0.1, -0.05) is 63.1 Å². The molecule has 1 N–H and O–H groups in total. The molecular weight excluding hydrogens is 532 g/mol. The molecule has 0 unspecified atom stereocenters. The van der Waals surface area contributed by atoms with Gasteiger partial charge >= 0.3 is 5.97 Å². The third-order valence-electron chi connectivity index (χ3n) is 9.39. The molecule has 0 bridgehead atoms. The van der Waals surface area contributed by atoms with Crippen molar-refractivity contribution in [2.75, 3.05) is 6.54 Å². The fraction of sp³-hybridized carbons (Fsp3) is 0.382. The molecule has 214 valence electrons. The molecule has 2 amide bonds. The van der Waals surface area contributed by atoms with Crippen molar-refractivity contribution in [3.8, 4) is 5.75 Å². The summed E-state index contributed by atoms with van der Waals surface area (Å²) < 4.78 is 5.53. The lowest BCUT2D eigenvalue weighted by Crippen LogP contribution is -2.37. The number of amides is 2. The van der Waals surface area contributed by atoms with Crippen molar-refractivity contribution in [3.05, 3.63) is 82.1 Å². The maximum atomic E-state index is 13.7. The Balaban J connectivity index is 1.16. The molecule has 1 saturated carbocycles. The second kappa shape index (κ2) is 9.61. The van der Waals surface area contributed by atoms with Gasteiger partial charge in [-0.25, -0.2) is 4.79 Å². The van der Waals surface area contributed by atoms with Crippen LogP contribution in [0, 0.1) is 17.3 Å². The summed E-state index contributed by atoms with van der Waals surface area (Å²) in [5.41, 5.74) is 4.76. The van der Waals surface area contributed by atoms with E-state index >= 15 is 0 Å². The fourth-order valence-corrected chi connectivity index (χ4v) is 7.53. The van der Waals surface area contributed by atoms with Crippen LogP contribution in [-0.4, -0.2) is 40.8 Å². The molecule has 2 aromatic rings. The molecular formula is C34H32N2O6. The molecule has 8 nitrogen and oxygen atoms in total. The van der Waals surface area contributed by atoms with Crippen LogP contribution in [0.15, 0.2) is 65.4 Å². The Bertz CT molecular complexity index is 1620. The number of rotatable bonds is 4. The highest BCUT2D eigenvalue weighted by Crippen LogP contribution is 2.51. The third-order valence-corrected chi connectivity index (χ3v) is 9.39. The number of allylic oxidation sites excluding steroid dienone is 3. The number of benzene rings is 2. The fourth-order valence-electron chi connectivity index (χ4n) is 7.53. The highest BCUT2D eigenvalue weighted by Gasteiger charge is 2.49. The summed E-state index contributed by atoms with van der Waals surface area (Å²) in [5.74, 6) is -2.26. The number of fused-ring (bicyclic) bond motifs is 3. The van der Waals surface area contributed by atoms with Crippen molar-refractivity contribution in [3.63, 3.8) is 0 Å². The minimum absolute atomic E-state index is 0.0186. The number of dihydropyridines is 1. The van der Waals surface area contributed by atoms with Crippen LogP contribution < -0.4 is 10.1 Å². The van der Waals surface area contributed by atoms with Crippen LogP contribution in [0.1, 0.15) is 79.8 Å². The molecule has 1 saturated heterocycles. The Morgan fingerprint density at radius 2 is 1.52 bits per heavy atom. The molecule has 3 aliphatic carbocycles. The first-order chi connectivity index (χ1) is 20.1. The molecule has 2 heterocycles. The Kier molecular flexibility index (Phi) is 6.08. The van der Waals surface area contributed by atoms with E-state index in [-0.39, 0.29) is 46.4 Å². The number of hydrogen-bond donors (Lipinski definition) is 1. The minimum Gasteiger partial charge on any atom is -0.425 e. The number of nitrogens with zero attached hydrogens (tertiary/aromatic N) is 1. The quantitative estimate of drug-likeness (QED) is 0.326. The Labute approximate surface area is 243 Å². The van der Waals surface area contributed by atoms with Crippen LogP contribution in [0.5, 0.6) is 5.75 Å². The van der Waals surface area contributed by atoms with E-state index in [1.165, 1.54) is 0 Å². The second-order valence-corrected chi connectivity index (χ2v) is 12.9. The van der Waals surface area contributed by atoms with Gasteiger partial charge in [0.05, 0.1) is 17.5 Å². The summed E-state index contributed by atoms with van der Waals surface area (Å²) in [6.45, 7) is 3.73. The summed E-state index contributed by atoms with van der Waals surface area (Å²) in [4.78, 5) is 66.6. The van der Waals surface area contributed by atoms with Crippen LogP contribution in [0.2, 0.25) is 0 Å². The molecule has 0 radical (unpaired) electrons. The lowest BCUT2D eigenvalue weighted by molar-refractivity contribution is -0.148. The van der Waals surface area contributed by atoms with Gasteiger partial charge in [0.1, 0.15) is 12.3 Å². The van der Waals surface area contributed by atoms with E-state index in [4.69, 9.17) is 4.74 Å². The van der Waals surface area contributed by atoms with E-state index in [0.717, 1.165) is 40.3 Å². The van der Waals surface area contributed by atoms with Crippen molar-refractivity contribution >= 4 is 35.0 Å². The normalized spacial score (nSPS) is 26.0. The number of esters is 1. The second-order valence-electron chi connectivity index (χ2n) is 12.9. The van der Waals surface area contributed by atoms with E-state index in [1.807, 2.05) is 24.3 Å². The molecule has 0 spiro atoms. The molecule has 2 fully saturated rings. The first-order valence-corrected chi connectivity index (χ1v) is 14.7. The summed E-state index contributed by atoms with van der Waals surface area (Å²) in [5, 5.41) is 3.48. The van der Waals surface area contributed by atoms with E-state index in [2.05, 4.69) is 19.2 Å². The predicted molar refractivity (Wildman–Crippen MR) is 153 cm³/mol. The van der Waals surface area contributed by atoms with E-state index < -0.39 is 18.4 Å². The number of ether oxygens (including phenoxy) is 1. The van der Waals surface area contributed by atoms with Crippen molar-refractivity contribution in [1.29, 1.82) is 0 Å².